The number of ketones is 1. The van der Waals surface area contributed by atoms with Crippen LogP contribution in [0.1, 0.15) is 25.0 Å². The highest BCUT2D eigenvalue weighted by molar-refractivity contribution is 6.15. The molecule has 1 saturated heterocycles. The Morgan fingerprint density at radius 2 is 1.03 bits per heavy atom. The molecule has 8 nitrogen and oxygen atoms in total. The third-order valence-corrected chi connectivity index (χ3v) is 6.19. The lowest BCUT2D eigenvalue weighted by Gasteiger charge is -2.33. The summed E-state index contributed by atoms with van der Waals surface area (Å²) in [5.41, 5.74) is 2.75. The lowest BCUT2D eigenvalue weighted by molar-refractivity contribution is -0.113. The predicted octanol–water partition coefficient (Wildman–Crippen LogP) is 4.50. The summed E-state index contributed by atoms with van der Waals surface area (Å²) in [6.45, 7) is 5.24. The van der Waals surface area contributed by atoms with Crippen LogP contribution < -0.4 is 28.4 Å². The summed E-state index contributed by atoms with van der Waals surface area (Å²) in [6, 6.07) is 7.54. The Balaban J connectivity index is 2.13. The maximum absolute atomic E-state index is 13.7. The zero-order valence-electron chi connectivity index (χ0n) is 22.3. The van der Waals surface area contributed by atoms with Gasteiger partial charge >= 0.3 is 0 Å². The highest BCUT2D eigenvalue weighted by Crippen LogP contribution is 2.42. The summed E-state index contributed by atoms with van der Waals surface area (Å²) in [5.74, 6) is 3.03. The summed E-state index contributed by atoms with van der Waals surface area (Å²) < 4.78 is 33.1. The van der Waals surface area contributed by atoms with E-state index < -0.39 is 0 Å². The summed E-state index contributed by atoms with van der Waals surface area (Å²) in [6.07, 6.45) is 3.72. The van der Waals surface area contributed by atoms with E-state index in [9.17, 15) is 4.79 Å². The van der Waals surface area contributed by atoms with Crippen molar-refractivity contribution >= 4 is 17.9 Å². The molecule has 194 valence electrons. The van der Waals surface area contributed by atoms with Gasteiger partial charge in [0.05, 0.1) is 42.7 Å². The summed E-state index contributed by atoms with van der Waals surface area (Å²) in [4.78, 5) is 15.9. The van der Waals surface area contributed by atoms with Gasteiger partial charge in [0.1, 0.15) is 0 Å². The van der Waals surface area contributed by atoms with Crippen molar-refractivity contribution in [1.82, 2.24) is 4.90 Å². The van der Waals surface area contributed by atoms with Gasteiger partial charge in [-0.3, -0.25) is 9.69 Å². The van der Waals surface area contributed by atoms with Crippen LogP contribution in [0.3, 0.4) is 0 Å². The molecule has 0 unspecified atom stereocenters. The molecule has 1 fully saturated rings. The Hall–Kier alpha value is -3.65. The largest absolute Gasteiger partial charge is 0.493 e. The van der Waals surface area contributed by atoms with Crippen LogP contribution in [0.25, 0.3) is 12.2 Å². The molecule has 0 aliphatic carbocycles. The normalized spacial score (nSPS) is 16.4. The average Bonchev–Trinajstić information content (AvgIpc) is 2.89. The average molecular weight is 498 g/mol. The van der Waals surface area contributed by atoms with Crippen molar-refractivity contribution in [3.63, 3.8) is 0 Å². The molecule has 0 saturated carbocycles. The number of likely N-dealkylation sites (tertiary alicyclic amines) is 1. The van der Waals surface area contributed by atoms with Crippen LogP contribution in [0.15, 0.2) is 35.4 Å². The van der Waals surface area contributed by atoms with Crippen molar-refractivity contribution in [2.75, 3.05) is 55.7 Å². The number of Topliss-reactive ketones (excluding diaryl/α,β-unsaturated/α-hetero) is 1. The molecule has 1 aliphatic rings. The van der Waals surface area contributed by atoms with Crippen LogP contribution in [0.5, 0.6) is 34.5 Å². The molecule has 0 amide bonds. The molecule has 3 rings (SSSR count). The van der Waals surface area contributed by atoms with E-state index in [1.165, 1.54) is 0 Å². The van der Waals surface area contributed by atoms with Crippen LogP contribution in [0.2, 0.25) is 0 Å². The molecule has 0 spiro atoms. The van der Waals surface area contributed by atoms with Gasteiger partial charge in [-0.05, 0) is 50.3 Å². The molecular weight excluding hydrogens is 462 g/mol. The van der Waals surface area contributed by atoms with E-state index in [0.29, 0.717) is 58.7 Å². The Bertz CT molecular complexity index is 1080. The van der Waals surface area contributed by atoms with E-state index in [4.69, 9.17) is 28.4 Å². The number of methoxy groups -OCH3 is 6. The number of piperidine rings is 1. The summed E-state index contributed by atoms with van der Waals surface area (Å²) in [7, 11) is 9.39. The number of hydrogen-bond donors (Lipinski definition) is 0. The smallest absolute Gasteiger partial charge is 0.203 e. The van der Waals surface area contributed by atoms with Crippen LogP contribution in [0, 0.1) is 0 Å². The molecule has 2 aromatic carbocycles. The number of benzene rings is 2. The molecule has 36 heavy (non-hydrogen) atoms. The lowest BCUT2D eigenvalue weighted by atomic mass is 9.93. The summed E-state index contributed by atoms with van der Waals surface area (Å²) >= 11 is 0. The first-order valence-corrected chi connectivity index (χ1v) is 11.6. The van der Waals surface area contributed by atoms with Gasteiger partial charge in [-0.2, -0.15) is 0 Å². The van der Waals surface area contributed by atoms with Crippen LogP contribution in [-0.2, 0) is 4.79 Å². The second-order valence-corrected chi connectivity index (χ2v) is 8.51. The van der Waals surface area contributed by atoms with E-state index in [0.717, 1.165) is 11.1 Å². The third-order valence-electron chi connectivity index (χ3n) is 6.19. The van der Waals surface area contributed by atoms with E-state index in [-0.39, 0.29) is 11.8 Å². The van der Waals surface area contributed by atoms with E-state index in [1.807, 2.05) is 24.3 Å². The zero-order valence-corrected chi connectivity index (χ0v) is 22.3. The molecular formula is C28H35NO7. The highest BCUT2D eigenvalue weighted by Gasteiger charge is 2.29. The van der Waals surface area contributed by atoms with E-state index in [2.05, 4.69) is 18.7 Å². The minimum Gasteiger partial charge on any atom is -0.493 e. The fourth-order valence-electron chi connectivity index (χ4n) is 4.28. The van der Waals surface area contributed by atoms with Crippen molar-refractivity contribution in [1.29, 1.82) is 0 Å². The second-order valence-electron chi connectivity index (χ2n) is 8.51. The van der Waals surface area contributed by atoms with Gasteiger partial charge < -0.3 is 28.4 Å². The number of carbonyl (C=O) groups excluding carboxylic acids is 1. The molecule has 0 N–H and O–H groups in total. The minimum atomic E-state index is -0.0411. The zero-order chi connectivity index (χ0) is 26.4. The molecule has 0 aromatic heterocycles. The lowest BCUT2D eigenvalue weighted by Crippen LogP contribution is -2.41. The highest BCUT2D eigenvalue weighted by atomic mass is 16.5. The van der Waals surface area contributed by atoms with Gasteiger partial charge in [0, 0.05) is 41.4 Å². The van der Waals surface area contributed by atoms with Crippen molar-refractivity contribution in [3.8, 4) is 34.5 Å². The number of hydrogen-bond acceptors (Lipinski definition) is 8. The van der Waals surface area contributed by atoms with Crippen molar-refractivity contribution in [2.24, 2.45) is 0 Å². The topological polar surface area (TPSA) is 75.7 Å². The standard InChI is InChI=1S/C28H35NO7/c1-17(2)29-15-20(13-18-9-11-22(31-3)27(35-7)25(18)33-5)24(30)21(16-29)14-19-10-12-23(32-4)28(36-8)26(19)34-6/h9-14,17H,15-16H2,1-8H3/b20-13+,21-14+. The summed E-state index contributed by atoms with van der Waals surface area (Å²) in [5, 5.41) is 0. The van der Waals surface area contributed by atoms with Crippen molar-refractivity contribution in [2.45, 2.75) is 19.9 Å². The Morgan fingerprint density at radius 1 is 0.639 bits per heavy atom. The molecule has 0 atom stereocenters. The van der Waals surface area contributed by atoms with Crippen LogP contribution >= 0.6 is 0 Å². The quantitative estimate of drug-likeness (QED) is 0.469. The number of ether oxygens (including phenoxy) is 6. The first-order valence-electron chi connectivity index (χ1n) is 11.6. The molecule has 1 heterocycles. The molecule has 1 aliphatic heterocycles. The van der Waals surface area contributed by atoms with Gasteiger partial charge in [0.25, 0.3) is 0 Å². The molecule has 8 heteroatoms. The van der Waals surface area contributed by atoms with Gasteiger partial charge in [0.15, 0.2) is 28.8 Å². The van der Waals surface area contributed by atoms with Crippen LogP contribution in [0.4, 0.5) is 0 Å². The number of nitrogens with zero attached hydrogens (tertiary/aromatic N) is 1. The monoisotopic (exact) mass is 497 g/mol. The second kappa shape index (κ2) is 11.9. The van der Waals surface area contributed by atoms with Gasteiger partial charge in [-0.25, -0.2) is 0 Å². The first kappa shape index (κ1) is 26.9. The van der Waals surface area contributed by atoms with Gasteiger partial charge in [-0.1, -0.05) is 0 Å². The van der Waals surface area contributed by atoms with Crippen molar-refractivity contribution in [3.05, 3.63) is 46.5 Å². The van der Waals surface area contributed by atoms with Gasteiger partial charge in [-0.15, -0.1) is 0 Å². The van der Waals surface area contributed by atoms with E-state index in [1.54, 1.807) is 54.8 Å². The number of rotatable bonds is 9. The molecule has 0 radical (unpaired) electrons. The first-order chi connectivity index (χ1) is 17.3. The maximum atomic E-state index is 13.7. The van der Waals surface area contributed by atoms with Crippen molar-refractivity contribution < 1.29 is 33.2 Å². The Labute approximate surface area is 213 Å². The SMILES string of the molecule is COc1ccc(/C=C2\CN(C(C)C)C/C(=C\c3ccc(OC)c(OC)c3OC)C2=O)c(OC)c1OC. The third kappa shape index (κ3) is 5.28. The molecule has 2 aromatic rings. The minimum absolute atomic E-state index is 0.0411. The Kier molecular flexibility index (Phi) is 8.88. The Morgan fingerprint density at radius 3 is 1.33 bits per heavy atom. The predicted molar refractivity (Wildman–Crippen MR) is 140 cm³/mol. The fourth-order valence-corrected chi connectivity index (χ4v) is 4.28. The van der Waals surface area contributed by atoms with Gasteiger partial charge in [0.2, 0.25) is 11.5 Å². The molecule has 0 bridgehead atoms. The van der Waals surface area contributed by atoms with Crippen LogP contribution in [-0.4, -0.2) is 72.5 Å². The van der Waals surface area contributed by atoms with E-state index >= 15 is 0 Å². The maximum Gasteiger partial charge on any atom is 0.203 e. The number of carbonyl (C=O) groups is 1. The fraction of sp³-hybridized carbons (Fsp3) is 0.393.